The zero-order chi connectivity index (χ0) is 17.1. The van der Waals surface area contributed by atoms with Gasteiger partial charge < -0.3 is 19.5 Å². The SMILES string of the molecule is CCCC[C@H](CC)CNC(=O)COc1cc(OC)cc(OC)c1. The van der Waals surface area contributed by atoms with Crippen molar-refractivity contribution in [1.82, 2.24) is 5.32 Å². The Labute approximate surface area is 139 Å². The van der Waals surface area contributed by atoms with Gasteiger partial charge in [0.15, 0.2) is 6.61 Å². The minimum atomic E-state index is -0.110. The first-order valence-electron chi connectivity index (χ1n) is 8.25. The lowest BCUT2D eigenvalue weighted by atomic mass is 9.99. The molecule has 1 N–H and O–H groups in total. The Hall–Kier alpha value is -1.91. The third-order valence-electron chi connectivity index (χ3n) is 3.83. The highest BCUT2D eigenvalue weighted by Crippen LogP contribution is 2.27. The van der Waals surface area contributed by atoms with Crippen molar-refractivity contribution in [2.45, 2.75) is 39.5 Å². The Kier molecular flexibility index (Phi) is 8.95. The van der Waals surface area contributed by atoms with Crippen molar-refractivity contribution in [3.63, 3.8) is 0 Å². The van der Waals surface area contributed by atoms with Crippen LogP contribution in [0.15, 0.2) is 18.2 Å². The molecule has 0 spiro atoms. The Morgan fingerprint density at radius 1 is 1.09 bits per heavy atom. The van der Waals surface area contributed by atoms with Crippen LogP contribution in [0.3, 0.4) is 0 Å². The quantitative estimate of drug-likeness (QED) is 0.678. The van der Waals surface area contributed by atoms with Crippen LogP contribution in [0.2, 0.25) is 0 Å². The second-order valence-electron chi connectivity index (χ2n) is 5.56. The number of rotatable bonds is 11. The molecule has 23 heavy (non-hydrogen) atoms. The molecule has 0 heterocycles. The lowest BCUT2D eigenvalue weighted by Gasteiger charge is -2.15. The number of hydrogen-bond donors (Lipinski definition) is 1. The van der Waals surface area contributed by atoms with Gasteiger partial charge in [0.25, 0.3) is 5.91 Å². The zero-order valence-electron chi connectivity index (χ0n) is 14.7. The molecule has 0 saturated carbocycles. The first-order valence-corrected chi connectivity index (χ1v) is 8.25. The van der Waals surface area contributed by atoms with Crippen LogP contribution in [0.5, 0.6) is 17.2 Å². The lowest BCUT2D eigenvalue weighted by molar-refractivity contribution is -0.123. The van der Waals surface area contributed by atoms with Gasteiger partial charge in [0.1, 0.15) is 17.2 Å². The largest absolute Gasteiger partial charge is 0.496 e. The van der Waals surface area contributed by atoms with Gasteiger partial charge in [-0.2, -0.15) is 0 Å². The van der Waals surface area contributed by atoms with Gasteiger partial charge in [-0.15, -0.1) is 0 Å². The molecule has 0 bridgehead atoms. The van der Waals surface area contributed by atoms with E-state index >= 15 is 0 Å². The number of amides is 1. The van der Waals surface area contributed by atoms with E-state index in [1.54, 1.807) is 32.4 Å². The number of nitrogens with one attached hydrogen (secondary N) is 1. The van der Waals surface area contributed by atoms with Gasteiger partial charge in [-0.3, -0.25) is 4.79 Å². The Balaban J connectivity index is 2.43. The van der Waals surface area contributed by atoms with Crippen LogP contribution < -0.4 is 19.5 Å². The van der Waals surface area contributed by atoms with Crippen LogP contribution in [0.4, 0.5) is 0 Å². The highest BCUT2D eigenvalue weighted by atomic mass is 16.5. The number of unbranched alkanes of at least 4 members (excludes halogenated alkanes) is 1. The highest BCUT2D eigenvalue weighted by Gasteiger charge is 2.10. The van der Waals surface area contributed by atoms with Gasteiger partial charge in [-0.25, -0.2) is 0 Å². The van der Waals surface area contributed by atoms with Crippen molar-refractivity contribution in [1.29, 1.82) is 0 Å². The van der Waals surface area contributed by atoms with Crippen LogP contribution in [-0.2, 0) is 4.79 Å². The predicted molar refractivity (Wildman–Crippen MR) is 91.4 cm³/mol. The van der Waals surface area contributed by atoms with E-state index in [0.717, 1.165) is 12.8 Å². The first kappa shape index (κ1) is 19.1. The van der Waals surface area contributed by atoms with Crippen molar-refractivity contribution in [2.24, 2.45) is 5.92 Å². The molecular formula is C18H29NO4. The van der Waals surface area contributed by atoms with E-state index in [2.05, 4.69) is 19.2 Å². The van der Waals surface area contributed by atoms with Gasteiger partial charge in [0.05, 0.1) is 14.2 Å². The maximum absolute atomic E-state index is 11.9. The minimum Gasteiger partial charge on any atom is -0.496 e. The number of carbonyl (C=O) groups is 1. The molecule has 0 aliphatic rings. The number of hydrogen-bond acceptors (Lipinski definition) is 4. The smallest absolute Gasteiger partial charge is 0.257 e. The van der Waals surface area contributed by atoms with E-state index in [1.165, 1.54) is 12.8 Å². The Bertz CT molecular complexity index is 454. The summed E-state index contributed by atoms with van der Waals surface area (Å²) in [7, 11) is 3.15. The molecule has 1 aromatic rings. The normalized spacial score (nSPS) is 11.7. The number of benzene rings is 1. The van der Waals surface area contributed by atoms with E-state index in [1.807, 2.05) is 0 Å². The van der Waals surface area contributed by atoms with Crippen LogP contribution in [0.25, 0.3) is 0 Å². The fraction of sp³-hybridized carbons (Fsp3) is 0.611. The molecule has 5 heteroatoms. The molecule has 130 valence electrons. The fourth-order valence-electron chi connectivity index (χ4n) is 2.27. The van der Waals surface area contributed by atoms with Crippen LogP contribution in [-0.4, -0.2) is 33.3 Å². The van der Waals surface area contributed by atoms with Gasteiger partial charge in [-0.05, 0) is 12.3 Å². The van der Waals surface area contributed by atoms with Crippen molar-refractivity contribution in [3.8, 4) is 17.2 Å². The summed E-state index contributed by atoms with van der Waals surface area (Å²) in [5, 5.41) is 2.94. The summed E-state index contributed by atoms with van der Waals surface area (Å²) in [6, 6.07) is 5.21. The number of methoxy groups -OCH3 is 2. The lowest BCUT2D eigenvalue weighted by Crippen LogP contribution is -2.33. The number of ether oxygens (including phenoxy) is 3. The van der Waals surface area contributed by atoms with Crippen molar-refractivity contribution >= 4 is 5.91 Å². The second-order valence-corrected chi connectivity index (χ2v) is 5.56. The standard InChI is InChI=1S/C18H29NO4/c1-5-7-8-14(6-2)12-19-18(20)13-23-17-10-15(21-3)9-16(11-17)22-4/h9-11,14H,5-8,12-13H2,1-4H3,(H,19,20)/t14-/m0/s1. The minimum absolute atomic E-state index is 0.0134. The monoisotopic (exact) mass is 323 g/mol. The summed E-state index contributed by atoms with van der Waals surface area (Å²) in [6.45, 7) is 5.04. The molecule has 1 atom stereocenters. The first-order chi connectivity index (χ1) is 11.1. The maximum Gasteiger partial charge on any atom is 0.257 e. The topological polar surface area (TPSA) is 56.8 Å². The van der Waals surface area contributed by atoms with Crippen LogP contribution in [0.1, 0.15) is 39.5 Å². The molecule has 0 fully saturated rings. The average molecular weight is 323 g/mol. The summed E-state index contributed by atoms with van der Waals surface area (Å²) in [5.74, 6) is 2.24. The van der Waals surface area contributed by atoms with E-state index < -0.39 is 0 Å². The molecule has 5 nitrogen and oxygen atoms in total. The van der Waals surface area contributed by atoms with Gasteiger partial charge in [0, 0.05) is 24.7 Å². The maximum atomic E-state index is 11.9. The van der Waals surface area contributed by atoms with Crippen molar-refractivity contribution in [2.75, 3.05) is 27.4 Å². The third-order valence-corrected chi connectivity index (χ3v) is 3.83. The van der Waals surface area contributed by atoms with Crippen LogP contribution in [0, 0.1) is 5.92 Å². The molecular weight excluding hydrogens is 294 g/mol. The van der Waals surface area contributed by atoms with Crippen molar-refractivity contribution < 1.29 is 19.0 Å². The molecule has 1 aromatic carbocycles. The average Bonchev–Trinajstić information content (AvgIpc) is 2.59. The molecule has 0 aliphatic heterocycles. The van der Waals surface area contributed by atoms with Gasteiger partial charge >= 0.3 is 0 Å². The van der Waals surface area contributed by atoms with Gasteiger partial charge in [0.2, 0.25) is 0 Å². The third kappa shape index (κ3) is 7.26. The predicted octanol–water partition coefficient (Wildman–Crippen LogP) is 3.42. The molecule has 0 unspecified atom stereocenters. The summed E-state index contributed by atoms with van der Waals surface area (Å²) >= 11 is 0. The summed E-state index contributed by atoms with van der Waals surface area (Å²) in [5.41, 5.74) is 0. The molecule has 0 aliphatic carbocycles. The van der Waals surface area contributed by atoms with E-state index in [9.17, 15) is 4.79 Å². The van der Waals surface area contributed by atoms with Crippen LogP contribution >= 0.6 is 0 Å². The molecule has 1 rings (SSSR count). The molecule has 1 amide bonds. The Morgan fingerprint density at radius 2 is 1.70 bits per heavy atom. The van der Waals surface area contributed by atoms with E-state index in [4.69, 9.17) is 14.2 Å². The van der Waals surface area contributed by atoms with E-state index in [-0.39, 0.29) is 12.5 Å². The summed E-state index contributed by atoms with van der Waals surface area (Å²) in [6.07, 6.45) is 4.62. The summed E-state index contributed by atoms with van der Waals surface area (Å²) in [4.78, 5) is 11.9. The molecule has 0 aromatic heterocycles. The molecule has 0 saturated heterocycles. The fourth-order valence-corrected chi connectivity index (χ4v) is 2.27. The number of carbonyl (C=O) groups excluding carboxylic acids is 1. The van der Waals surface area contributed by atoms with Crippen molar-refractivity contribution in [3.05, 3.63) is 18.2 Å². The zero-order valence-corrected chi connectivity index (χ0v) is 14.7. The Morgan fingerprint density at radius 3 is 2.22 bits per heavy atom. The summed E-state index contributed by atoms with van der Waals surface area (Å²) < 4.78 is 15.9. The van der Waals surface area contributed by atoms with E-state index in [0.29, 0.717) is 29.7 Å². The molecule has 0 radical (unpaired) electrons. The van der Waals surface area contributed by atoms with Gasteiger partial charge in [-0.1, -0.05) is 33.1 Å². The highest BCUT2D eigenvalue weighted by molar-refractivity contribution is 5.77. The second kappa shape index (κ2) is 10.8.